The SMILES string of the molecule is CCCNC(=O)NCCOCCN1CC[C@H](N)C1. The highest BCUT2D eigenvalue weighted by atomic mass is 16.5. The molecule has 18 heavy (non-hydrogen) atoms. The van der Waals surface area contributed by atoms with Crippen LogP contribution in [0.25, 0.3) is 0 Å². The molecule has 1 aliphatic rings. The van der Waals surface area contributed by atoms with E-state index in [4.69, 9.17) is 10.5 Å². The van der Waals surface area contributed by atoms with Crippen molar-refractivity contribution in [3.63, 3.8) is 0 Å². The van der Waals surface area contributed by atoms with Gasteiger partial charge in [0.1, 0.15) is 0 Å². The maximum Gasteiger partial charge on any atom is 0.314 e. The third-order valence-electron chi connectivity index (χ3n) is 2.93. The van der Waals surface area contributed by atoms with Crippen LogP contribution in [0.4, 0.5) is 4.79 Å². The Hall–Kier alpha value is -0.850. The van der Waals surface area contributed by atoms with E-state index in [2.05, 4.69) is 15.5 Å². The zero-order valence-corrected chi connectivity index (χ0v) is 11.3. The molecule has 0 bridgehead atoms. The second-order valence-electron chi connectivity index (χ2n) is 4.64. The average molecular weight is 258 g/mol. The van der Waals surface area contributed by atoms with Crippen LogP contribution in [0.5, 0.6) is 0 Å². The van der Waals surface area contributed by atoms with E-state index >= 15 is 0 Å². The van der Waals surface area contributed by atoms with Crippen molar-refractivity contribution in [2.45, 2.75) is 25.8 Å². The molecule has 6 heteroatoms. The zero-order chi connectivity index (χ0) is 13.2. The lowest BCUT2D eigenvalue weighted by atomic mass is 10.3. The predicted molar refractivity (Wildman–Crippen MR) is 71.5 cm³/mol. The molecule has 1 aliphatic heterocycles. The van der Waals surface area contributed by atoms with Gasteiger partial charge in [-0.3, -0.25) is 4.90 Å². The molecule has 0 aromatic carbocycles. The van der Waals surface area contributed by atoms with E-state index in [0.717, 1.165) is 32.5 Å². The van der Waals surface area contributed by atoms with Crippen LogP contribution in [-0.2, 0) is 4.74 Å². The van der Waals surface area contributed by atoms with Crippen LogP contribution in [-0.4, -0.2) is 62.9 Å². The Morgan fingerprint density at radius 1 is 1.39 bits per heavy atom. The Morgan fingerprint density at radius 2 is 2.17 bits per heavy atom. The summed E-state index contributed by atoms with van der Waals surface area (Å²) in [5.74, 6) is 0. The number of nitrogens with one attached hydrogen (secondary N) is 2. The minimum Gasteiger partial charge on any atom is -0.378 e. The molecule has 0 aromatic heterocycles. The van der Waals surface area contributed by atoms with Gasteiger partial charge in [0.05, 0.1) is 13.2 Å². The fraction of sp³-hybridized carbons (Fsp3) is 0.917. The number of hydrogen-bond donors (Lipinski definition) is 3. The lowest BCUT2D eigenvalue weighted by Gasteiger charge is -2.15. The van der Waals surface area contributed by atoms with Gasteiger partial charge in [-0.2, -0.15) is 0 Å². The largest absolute Gasteiger partial charge is 0.378 e. The van der Waals surface area contributed by atoms with Gasteiger partial charge in [-0.25, -0.2) is 4.79 Å². The molecular formula is C12H26N4O2. The van der Waals surface area contributed by atoms with Gasteiger partial charge >= 0.3 is 6.03 Å². The molecule has 1 atom stereocenters. The molecule has 1 heterocycles. The summed E-state index contributed by atoms with van der Waals surface area (Å²) in [4.78, 5) is 13.5. The summed E-state index contributed by atoms with van der Waals surface area (Å²) < 4.78 is 5.46. The number of nitrogens with two attached hydrogens (primary N) is 1. The molecule has 0 aromatic rings. The Labute approximate surface area is 109 Å². The highest BCUT2D eigenvalue weighted by Gasteiger charge is 2.17. The maximum absolute atomic E-state index is 11.2. The van der Waals surface area contributed by atoms with Gasteiger partial charge in [-0.05, 0) is 19.4 Å². The molecule has 4 N–H and O–H groups in total. The molecule has 0 aliphatic carbocycles. The normalized spacial score (nSPS) is 20.0. The second kappa shape index (κ2) is 9.13. The topological polar surface area (TPSA) is 79.6 Å². The molecule has 106 valence electrons. The van der Waals surface area contributed by atoms with Crippen molar-refractivity contribution < 1.29 is 9.53 Å². The van der Waals surface area contributed by atoms with Gasteiger partial charge in [0.2, 0.25) is 0 Å². The molecule has 0 radical (unpaired) electrons. The molecule has 0 unspecified atom stereocenters. The number of urea groups is 1. The number of rotatable bonds is 8. The highest BCUT2D eigenvalue weighted by Crippen LogP contribution is 2.05. The maximum atomic E-state index is 11.2. The summed E-state index contributed by atoms with van der Waals surface area (Å²) in [6.07, 6.45) is 2.03. The van der Waals surface area contributed by atoms with E-state index in [1.165, 1.54) is 0 Å². The first-order chi connectivity index (χ1) is 8.72. The number of amides is 2. The second-order valence-corrected chi connectivity index (χ2v) is 4.64. The predicted octanol–water partition coefficient (Wildman–Crippen LogP) is -0.255. The smallest absolute Gasteiger partial charge is 0.314 e. The van der Waals surface area contributed by atoms with Gasteiger partial charge < -0.3 is 21.1 Å². The number of carbonyl (C=O) groups is 1. The molecule has 2 amide bonds. The Bertz CT molecular complexity index is 238. The molecule has 1 rings (SSSR count). The lowest BCUT2D eigenvalue weighted by molar-refractivity contribution is 0.113. The van der Waals surface area contributed by atoms with Gasteiger partial charge in [0, 0.05) is 32.2 Å². The highest BCUT2D eigenvalue weighted by molar-refractivity contribution is 5.73. The van der Waals surface area contributed by atoms with Crippen molar-refractivity contribution in [2.24, 2.45) is 5.73 Å². The fourth-order valence-electron chi connectivity index (χ4n) is 1.90. The van der Waals surface area contributed by atoms with E-state index in [9.17, 15) is 4.79 Å². The quantitative estimate of drug-likeness (QED) is 0.524. The van der Waals surface area contributed by atoms with Gasteiger partial charge in [-0.1, -0.05) is 6.92 Å². The van der Waals surface area contributed by atoms with Crippen LogP contribution in [0, 0.1) is 0 Å². The van der Waals surface area contributed by atoms with Crippen molar-refractivity contribution >= 4 is 6.03 Å². The summed E-state index contributed by atoms with van der Waals surface area (Å²) in [6, 6.07) is 0.208. The van der Waals surface area contributed by atoms with E-state index in [1.54, 1.807) is 0 Å². The van der Waals surface area contributed by atoms with Gasteiger partial charge in [0.25, 0.3) is 0 Å². The number of hydrogen-bond acceptors (Lipinski definition) is 4. The molecular weight excluding hydrogens is 232 g/mol. The van der Waals surface area contributed by atoms with Crippen molar-refractivity contribution in [1.82, 2.24) is 15.5 Å². The number of nitrogens with zero attached hydrogens (tertiary/aromatic N) is 1. The van der Waals surface area contributed by atoms with Crippen LogP contribution in [0.1, 0.15) is 19.8 Å². The standard InChI is InChI=1S/C12H26N4O2/c1-2-4-14-12(17)15-5-8-18-9-7-16-6-3-11(13)10-16/h11H,2-10,13H2,1H3,(H2,14,15,17)/t11-/m0/s1. The summed E-state index contributed by atoms with van der Waals surface area (Å²) >= 11 is 0. The Morgan fingerprint density at radius 3 is 2.83 bits per heavy atom. The summed E-state index contributed by atoms with van der Waals surface area (Å²) in [5.41, 5.74) is 5.81. The Balaban J connectivity index is 1.85. The number of carbonyl (C=O) groups excluding carboxylic acids is 1. The molecule has 1 fully saturated rings. The lowest BCUT2D eigenvalue weighted by Crippen LogP contribution is -2.38. The summed E-state index contributed by atoms with van der Waals surface area (Å²) in [7, 11) is 0. The van der Waals surface area contributed by atoms with Crippen LogP contribution >= 0.6 is 0 Å². The molecule has 1 saturated heterocycles. The number of likely N-dealkylation sites (tertiary alicyclic amines) is 1. The van der Waals surface area contributed by atoms with Gasteiger partial charge in [0.15, 0.2) is 0 Å². The first-order valence-electron chi connectivity index (χ1n) is 6.79. The van der Waals surface area contributed by atoms with Gasteiger partial charge in [-0.15, -0.1) is 0 Å². The third kappa shape index (κ3) is 6.78. The van der Waals surface area contributed by atoms with E-state index < -0.39 is 0 Å². The molecule has 0 saturated carbocycles. The first kappa shape index (κ1) is 15.2. The minimum absolute atomic E-state index is 0.119. The fourth-order valence-corrected chi connectivity index (χ4v) is 1.90. The zero-order valence-electron chi connectivity index (χ0n) is 11.3. The molecule has 0 spiro atoms. The average Bonchev–Trinajstić information content (AvgIpc) is 2.77. The van der Waals surface area contributed by atoms with Crippen molar-refractivity contribution in [3.05, 3.63) is 0 Å². The minimum atomic E-state index is -0.119. The third-order valence-corrected chi connectivity index (χ3v) is 2.93. The van der Waals surface area contributed by atoms with Crippen LogP contribution in [0.15, 0.2) is 0 Å². The number of ether oxygens (including phenoxy) is 1. The van der Waals surface area contributed by atoms with Crippen LogP contribution < -0.4 is 16.4 Å². The van der Waals surface area contributed by atoms with Crippen molar-refractivity contribution in [1.29, 1.82) is 0 Å². The van der Waals surface area contributed by atoms with Crippen LogP contribution in [0.3, 0.4) is 0 Å². The first-order valence-corrected chi connectivity index (χ1v) is 6.79. The van der Waals surface area contributed by atoms with Crippen LogP contribution in [0.2, 0.25) is 0 Å². The monoisotopic (exact) mass is 258 g/mol. The van der Waals surface area contributed by atoms with E-state index in [0.29, 0.717) is 32.3 Å². The van der Waals surface area contributed by atoms with E-state index in [-0.39, 0.29) is 6.03 Å². The van der Waals surface area contributed by atoms with E-state index in [1.807, 2.05) is 6.92 Å². The summed E-state index contributed by atoms with van der Waals surface area (Å²) in [6.45, 7) is 7.51. The molecule has 6 nitrogen and oxygen atoms in total. The van der Waals surface area contributed by atoms with Crippen molar-refractivity contribution in [2.75, 3.05) is 45.9 Å². The van der Waals surface area contributed by atoms with Crippen molar-refractivity contribution in [3.8, 4) is 0 Å². The summed E-state index contributed by atoms with van der Waals surface area (Å²) in [5, 5.41) is 5.49. The Kier molecular flexibility index (Phi) is 7.71.